The molecule has 5 heteroatoms. The standard InChI is InChI=1S/C25H42ClN2OP/c1-7-10-16-30(17-11-8-2,28(6)15-9-3)25(13-12-14-25)24(29)27-23-20(4)18-22(26)19-21(23)5/h18-19H,7-17H2,1-6H3/p+1. The van der Waals surface area contributed by atoms with Crippen LogP contribution < -0.4 is 5.32 Å². The molecule has 1 aromatic carbocycles. The summed E-state index contributed by atoms with van der Waals surface area (Å²) in [5.41, 5.74) is 3.06. The summed E-state index contributed by atoms with van der Waals surface area (Å²) < 4.78 is 2.67. The van der Waals surface area contributed by atoms with Crippen molar-refractivity contribution in [2.24, 2.45) is 0 Å². The summed E-state index contributed by atoms with van der Waals surface area (Å²) in [6.45, 7) is 12.0. The maximum absolute atomic E-state index is 14.0. The number of nitrogens with zero attached hydrogens (tertiary/aromatic N) is 1. The Morgan fingerprint density at radius 2 is 1.60 bits per heavy atom. The van der Waals surface area contributed by atoms with Gasteiger partial charge in [0, 0.05) is 24.3 Å². The molecule has 0 unspecified atom stereocenters. The van der Waals surface area contributed by atoms with E-state index in [4.69, 9.17) is 11.6 Å². The average Bonchev–Trinajstić information content (AvgIpc) is 2.65. The number of hydrogen-bond acceptors (Lipinski definition) is 2. The van der Waals surface area contributed by atoms with Gasteiger partial charge in [-0.3, -0.25) is 4.79 Å². The van der Waals surface area contributed by atoms with Gasteiger partial charge in [0.15, 0.2) is 5.16 Å². The minimum Gasteiger partial charge on any atom is -0.322 e. The van der Waals surface area contributed by atoms with Gasteiger partial charge in [0.1, 0.15) is 0 Å². The molecule has 0 atom stereocenters. The molecule has 1 fully saturated rings. The van der Waals surface area contributed by atoms with Gasteiger partial charge in [-0.25, -0.2) is 0 Å². The van der Waals surface area contributed by atoms with Gasteiger partial charge >= 0.3 is 0 Å². The molecule has 0 heterocycles. The first kappa shape index (κ1) is 25.6. The maximum atomic E-state index is 14.0. The summed E-state index contributed by atoms with van der Waals surface area (Å²) in [6.07, 6.45) is 11.7. The molecule has 30 heavy (non-hydrogen) atoms. The van der Waals surface area contributed by atoms with Crippen molar-refractivity contribution >= 4 is 30.6 Å². The average molecular weight is 454 g/mol. The summed E-state index contributed by atoms with van der Waals surface area (Å²) >= 11 is 6.24. The van der Waals surface area contributed by atoms with Crippen LogP contribution in [0.5, 0.6) is 0 Å². The normalized spacial score (nSPS) is 15.9. The summed E-state index contributed by atoms with van der Waals surface area (Å²) in [7, 11) is 0.705. The van der Waals surface area contributed by atoms with E-state index in [-0.39, 0.29) is 11.1 Å². The molecular formula is C25H43ClN2OP+. The highest BCUT2D eigenvalue weighted by Crippen LogP contribution is 2.77. The number of hydrogen-bond donors (Lipinski definition) is 1. The number of halogens is 1. The lowest BCUT2D eigenvalue weighted by atomic mass is 9.83. The van der Waals surface area contributed by atoms with Crippen molar-refractivity contribution in [2.75, 3.05) is 31.2 Å². The van der Waals surface area contributed by atoms with Crippen LogP contribution in [0.3, 0.4) is 0 Å². The van der Waals surface area contributed by atoms with E-state index >= 15 is 0 Å². The molecule has 170 valence electrons. The van der Waals surface area contributed by atoms with E-state index in [1.807, 2.05) is 26.0 Å². The fourth-order valence-corrected chi connectivity index (χ4v) is 11.8. The Bertz CT molecular complexity index is 686. The Hall–Kier alpha value is -0.630. The van der Waals surface area contributed by atoms with E-state index in [1.165, 1.54) is 44.4 Å². The molecule has 0 saturated heterocycles. The number of carbonyl (C=O) groups is 1. The second-order valence-corrected chi connectivity index (χ2v) is 13.9. The number of nitrogens with one attached hydrogen (secondary N) is 1. The molecule has 0 spiro atoms. The molecule has 1 aliphatic rings. The summed E-state index contributed by atoms with van der Waals surface area (Å²) in [5.74, 6) is 0.269. The van der Waals surface area contributed by atoms with Gasteiger partial charge in [0.2, 0.25) is 0 Å². The van der Waals surface area contributed by atoms with Gasteiger partial charge in [0.25, 0.3) is 5.91 Å². The summed E-state index contributed by atoms with van der Waals surface area (Å²) in [5, 5.41) is 3.95. The molecule has 1 aromatic rings. The Morgan fingerprint density at radius 1 is 1.07 bits per heavy atom. The first-order valence-electron chi connectivity index (χ1n) is 11.9. The van der Waals surface area contributed by atoms with Crippen molar-refractivity contribution in [3.63, 3.8) is 0 Å². The first-order valence-corrected chi connectivity index (χ1v) is 14.4. The van der Waals surface area contributed by atoms with E-state index in [2.05, 4.69) is 37.8 Å². The van der Waals surface area contributed by atoms with Crippen LogP contribution in [0.1, 0.15) is 83.3 Å². The molecule has 2 rings (SSSR count). The largest absolute Gasteiger partial charge is 0.322 e. The highest BCUT2D eigenvalue weighted by molar-refractivity contribution is 7.76. The maximum Gasteiger partial charge on any atom is 0.269 e. The second-order valence-electron chi connectivity index (χ2n) is 9.21. The lowest BCUT2D eigenvalue weighted by Crippen LogP contribution is -2.55. The van der Waals surface area contributed by atoms with Crippen molar-refractivity contribution < 1.29 is 4.79 Å². The third-order valence-corrected chi connectivity index (χ3v) is 13.2. The van der Waals surface area contributed by atoms with Gasteiger partial charge in [-0.1, -0.05) is 45.2 Å². The van der Waals surface area contributed by atoms with Gasteiger partial charge < -0.3 is 5.32 Å². The van der Waals surface area contributed by atoms with Crippen molar-refractivity contribution in [2.45, 2.75) is 91.1 Å². The molecule has 0 bridgehead atoms. The summed E-state index contributed by atoms with van der Waals surface area (Å²) in [6, 6.07) is 3.91. The monoisotopic (exact) mass is 453 g/mol. The minimum atomic E-state index is -1.61. The Kier molecular flexibility index (Phi) is 9.65. The van der Waals surface area contributed by atoms with Crippen LogP contribution in [0.25, 0.3) is 0 Å². The van der Waals surface area contributed by atoms with Crippen LogP contribution >= 0.6 is 19.0 Å². The van der Waals surface area contributed by atoms with E-state index in [0.29, 0.717) is 0 Å². The molecule has 1 N–H and O–H groups in total. The van der Waals surface area contributed by atoms with Gasteiger partial charge in [-0.2, -0.15) is 4.67 Å². The van der Waals surface area contributed by atoms with Gasteiger partial charge in [-0.15, -0.1) is 0 Å². The predicted octanol–water partition coefficient (Wildman–Crippen LogP) is 7.69. The third-order valence-electron chi connectivity index (χ3n) is 7.10. The molecule has 1 amide bonds. The Labute approximate surface area is 190 Å². The number of unbranched alkanes of at least 4 members (excludes halogenated alkanes) is 2. The number of carbonyl (C=O) groups excluding carboxylic acids is 1. The zero-order valence-corrected chi connectivity index (χ0v) is 21.8. The lowest BCUT2D eigenvalue weighted by molar-refractivity contribution is -0.120. The fraction of sp³-hybridized carbons (Fsp3) is 0.720. The quantitative estimate of drug-likeness (QED) is 0.329. The van der Waals surface area contributed by atoms with E-state index in [0.717, 1.165) is 47.6 Å². The Morgan fingerprint density at radius 3 is 2.00 bits per heavy atom. The molecule has 0 radical (unpaired) electrons. The highest BCUT2D eigenvalue weighted by atomic mass is 35.5. The van der Waals surface area contributed by atoms with Crippen LogP contribution in [0.2, 0.25) is 5.02 Å². The third kappa shape index (κ3) is 5.05. The number of rotatable bonds is 12. The highest BCUT2D eigenvalue weighted by Gasteiger charge is 2.67. The van der Waals surface area contributed by atoms with E-state index in [9.17, 15) is 4.79 Å². The SMILES string of the molecule is CCCC[P+](CCCC)(N(C)CCC)C1(C(=O)Nc2c(C)cc(Cl)cc2C)CCC1. The van der Waals surface area contributed by atoms with Gasteiger partial charge in [-0.05, 0) is 75.6 Å². The number of benzene rings is 1. The van der Waals surface area contributed by atoms with Crippen LogP contribution in [-0.2, 0) is 4.79 Å². The topological polar surface area (TPSA) is 32.3 Å². The zero-order chi connectivity index (χ0) is 22.4. The van der Waals surface area contributed by atoms with Crippen LogP contribution in [0.4, 0.5) is 5.69 Å². The zero-order valence-electron chi connectivity index (χ0n) is 20.1. The molecule has 0 aliphatic heterocycles. The number of aryl methyl sites for hydroxylation is 2. The van der Waals surface area contributed by atoms with Crippen LogP contribution in [0.15, 0.2) is 12.1 Å². The van der Waals surface area contributed by atoms with E-state index in [1.54, 1.807) is 0 Å². The fourth-order valence-electron chi connectivity index (χ4n) is 5.24. The Balaban J connectivity index is 2.48. The molecular weight excluding hydrogens is 411 g/mol. The summed E-state index contributed by atoms with van der Waals surface area (Å²) in [4.78, 5) is 14.0. The van der Waals surface area contributed by atoms with Gasteiger partial charge in [0.05, 0.1) is 19.7 Å². The van der Waals surface area contributed by atoms with E-state index < -0.39 is 7.41 Å². The molecule has 0 aromatic heterocycles. The number of anilines is 1. The lowest BCUT2D eigenvalue weighted by Gasteiger charge is -2.52. The van der Waals surface area contributed by atoms with Crippen molar-refractivity contribution in [3.8, 4) is 0 Å². The second kappa shape index (κ2) is 11.3. The minimum absolute atomic E-state index is 0.195. The van der Waals surface area contributed by atoms with Crippen molar-refractivity contribution in [3.05, 3.63) is 28.3 Å². The molecule has 3 nitrogen and oxygen atoms in total. The van der Waals surface area contributed by atoms with Crippen LogP contribution in [0, 0.1) is 13.8 Å². The first-order chi connectivity index (χ1) is 14.3. The molecule has 1 aliphatic carbocycles. The van der Waals surface area contributed by atoms with Crippen LogP contribution in [-0.4, -0.2) is 41.6 Å². The molecule has 1 saturated carbocycles. The predicted molar refractivity (Wildman–Crippen MR) is 136 cm³/mol. The number of amides is 1. The van der Waals surface area contributed by atoms with Crippen molar-refractivity contribution in [1.82, 2.24) is 4.67 Å². The smallest absolute Gasteiger partial charge is 0.269 e. The van der Waals surface area contributed by atoms with Crippen molar-refractivity contribution in [1.29, 1.82) is 0 Å².